The van der Waals surface area contributed by atoms with Gasteiger partial charge in [0.05, 0.1) is 11.1 Å². The molecular formula is C18H16F2N2O4S2. The van der Waals surface area contributed by atoms with Gasteiger partial charge in [-0.2, -0.15) is 8.78 Å². The molecule has 0 unspecified atom stereocenters. The van der Waals surface area contributed by atoms with Crippen molar-refractivity contribution in [3.05, 3.63) is 45.8 Å². The van der Waals surface area contributed by atoms with E-state index in [1.165, 1.54) is 35.6 Å². The average molecular weight is 426 g/mol. The van der Waals surface area contributed by atoms with Gasteiger partial charge in [-0.1, -0.05) is 11.8 Å². The lowest BCUT2D eigenvalue weighted by Gasteiger charge is -2.07. The summed E-state index contributed by atoms with van der Waals surface area (Å²) in [6, 6.07) is 5.44. The Bertz CT molecular complexity index is 913. The Hall–Kier alpha value is -2.46. The molecule has 1 heterocycles. The van der Waals surface area contributed by atoms with Gasteiger partial charge in [0.25, 0.3) is 17.6 Å². The highest BCUT2D eigenvalue weighted by atomic mass is 32.2. The molecule has 0 radical (unpaired) electrons. The zero-order chi connectivity index (χ0) is 20.3. The number of primary amides is 1. The zero-order valence-corrected chi connectivity index (χ0v) is 16.1. The van der Waals surface area contributed by atoms with E-state index in [1.807, 2.05) is 0 Å². The highest BCUT2D eigenvalue weighted by Crippen LogP contribution is 2.38. The molecule has 0 aliphatic heterocycles. The van der Waals surface area contributed by atoms with E-state index in [9.17, 15) is 23.2 Å². The van der Waals surface area contributed by atoms with Gasteiger partial charge in [0.15, 0.2) is 6.61 Å². The molecule has 28 heavy (non-hydrogen) atoms. The van der Waals surface area contributed by atoms with Crippen LogP contribution in [0.5, 0.6) is 0 Å². The van der Waals surface area contributed by atoms with E-state index in [-0.39, 0.29) is 5.56 Å². The largest absolute Gasteiger partial charge is 0.452 e. The van der Waals surface area contributed by atoms with Crippen molar-refractivity contribution in [2.24, 2.45) is 5.73 Å². The molecule has 2 aromatic rings. The van der Waals surface area contributed by atoms with E-state index in [4.69, 9.17) is 10.5 Å². The smallest absolute Gasteiger partial charge is 0.338 e. The number of thioether (sulfide) groups is 1. The first-order valence-electron chi connectivity index (χ1n) is 8.31. The fourth-order valence-electron chi connectivity index (χ4n) is 2.90. The molecule has 0 saturated heterocycles. The Morgan fingerprint density at radius 3 is 2.57 bits per heavy atom. The molecule has 0 bridgehead atoms. The lowest BCUT2D eigenvalue weighted by Crippen LogP contribution is -2.22. The minimum atomic E-state index is -2.55. The van der Waals surface area contributed by atoms with Crippen molar-refractivity contribution in [2.75, 3.05) is 11.9 Å². The van der Waals surface area contributed by atoms with Gasteiger partial charge in [-0.15, -0.1) is 11.3 Å². The molecule has 2 amide bonds. The Balaban J connectivity index is 1.57. The predicted molar refractivity (Wildman–Crippen MR) is 102 cm³/mol. The van der Waals surface area contributed by atoms with Crippen LogP contribution in [0, 0.1) is 0 Å². The summed E-state index contributed by atoms with van der Waals surface area (Å²) in [6.45, 7) is -0.548. The molecule has 1 aliphatic rings. The van der Waals surface area contributed by atoms with Crippen molar-refractivity contribution < 1.29 is 27.9 Å². The Labute approximate surface area is 167 Å². The first kappa shape index (κ1) is 20.3. The SMILES string of the molecule is NC(=O)c1c(NC(=O)COC(=O)c2ccc(SC(F)F)cc2)sc2c1CCC2. The molecule has 10 heteroatoms. The number of nitrogens with one attached hydrogen (secondary N) is 1. The Kier molecular flexibility index (Phi) is 6.30. The van der Waals surface area contributed by atoms with E-state index < -0.39 is 30.1 Å². The van der Waals surface area contributed by atoms with E-state index >= 15 is 0 Å². The number of aryl methyl sites for hydroxylation is 1. The van der Waals surface area contributed by atoms with Crippen molar-refractivity contribution in [1.29, 1.82) is 0 Å². The molecule has 1 aromatic carbocycles. The second kappa shape index (κ2) is 8.70. The van der Waals surface area contributed by atoms with Crippen LogP contribution in [-0.2, 0) is 22.4 Å². The van der Waals surface area contributed by atoms with Gasteiger partial charge < -0.3 is 15.8 Å². The van der Waals surface area contributed by atoms with E-state index in [2.05, 4.69) is 5.32 Å². The number of ether oxygens (including phenoxy) is 1. The number of amides is 2. The van der Waals surface area contributed by atoms with Crippen molar-refractivity contribution in [3.8, 4) is 0 Å². The maximum atomic E-state index is 12.3. The molecule has 1 aliphatic carbocycles. The number of hydrogen-bond donors (Lipinski definition) is 2. The Morgan fingerprint density at radius 1 is 1.21 bits per heavy atom. The summed E-state index contributed by atoms with van der Waals surface area (Å²) in [5.74, 6) is -4.51. The molecule has 0 atom stereocenters. The number of nitrogens with two attached hydrogens (primary N) is 1. The van der Waals surface area contributed by atoms with Gasteiger partial charge >= 0.3 is 5.97 Å². The van der Waals surface area contributed by atoms with Crippen molar-refractivity contribution in [1.82, 2.24) is 0 Å². The van der Waals surface area contributed by atoms with E-state index in [0.717, 1.165) is 29.7 Å². The Morgan fingerprint density at radius 2 is 1.93 bits per heavy atom. The van der Waals surface area contributed by atoms with Gasteiger partial charge in [0, 0.05) is 9.77 Å². The molecule has 148 valence electrons. The number of hydrogen-bond acceptors (Lipinski definition) is 6. The lowest BCUT2D eigenvalue weighted by molar-refractivity contribution is -0.119. The first-order chi connectivity index (χ1) is 13.3. The normalized spacial score (nSPS) is 12.7. The number of benzene rings is 1. The zero-order valence-electron chi connectivity index (χ0n) is 14.5. The van der Waals surface area contributed by atoms with Crippen LogP contribution < -0.4 is 11.1 Å². The summed E-state index contributed by atoms with van der Waals surface area (Å²) >= 11 is 1.67. The minimum absolute atomic E-state index is 0.138. The summed E-state index contributed by atoms with van der Waals surface area (Å²) in [7, 11) is 0. The molecular weight excluding hydrogens is 410 g/mol. The fraction of sp³-hybridized carbons (Fsp3) is 0.278. The fourth-order valence-corrected chi connectivity index (χ4v) is 4.71. The number of thiophene rings is 1. The monoisotopic (exact) mass is 426 g/mol. The van der Waals surface area contributed by atoms with Crippen molar-refractivity contribution in [2.45, 2.75) is 29.9 Å². The van der Waals surface area contributed by atoms with Gasteiger partial charge in [-0.3, -0.25) is 9.59 Å². The molecule has 3 rings (SSSR count). The minimum Gasteiger partial charge on any atom is -0.452 e. The van der Waals surface area contributed by atoms with Crippen molar-refractivity contribution >= 4 is 45.9 Å². The van der Waals surface area contributed by atoms with Crippen molar-refractivity contribution in [3.63, 3.8) is 0 Å². The predicted octanol–water partition coefficient (Wildman–Crippen LogP) is 3.45. The first-order valence-corrected chi connectivity index (χ1v) is 10.0. The third-order valence-corrected chi connectivity index (χ3v) is 6.00. The topological polar surface area (TPSA) is 98.5 Å². The number of alkyl halides is 2. The molecule has 0 spiro atoms. The maximum absolute atomic E-state index is 12.3. The number of esters is 1. The highest BCUT2D eigenvalue weighted by molar-refractivity contribution is 7.99. The molecule has 3 N–H and O–H groups in total. The summed E-state index contributed by atoms with van der Waals surface area (Å²) in [5.41, 5.74) is 6.77. The third kappa shape index (κ3) is 4.68. The van der Waals surface area contributed by atoms with Gasteiger partial charge in [0.1, 0.15) is 5.00 Å². The summed E-state index contributed by atoms with van der Waals surface area (Å²) < 4.78 is 29.5. The summed E-state index contributed by atoms with van der Waals surface area (Å²) in [4.78, 5) is 37.2. The summed E-state index contributed by atoms with van der Waals surface area (Å²) in [6.07, 6.45) is 2.53. The third-order valence-electron chi connectivity index (χ3n) is 4.07. The van der Waals surface area contributed by atoms with Gasteiger partial charge in [-0.25, -0.2) is 4.79 Å². The standard InChI is InChI=1S/C18H16F2N2O4S2/c19-18(20)27-10-6-4-9(5-7-10)17(25)26-8-13(23)22-16-14(15(21)24)11-2-1-3-12(11)28-16/h4-7,18H,1-3,8H2,(H2,21,24)(H,22,23). The lowest BCUT2D eigenvalue weighted by atomic mass is 10.1. The van der Waals surface area contributed by atoms with Crippen LogP contribution in [0.3, 0.4) is 0 Å². The highest BCUT2D eigenvalue weighted by Gasteiger charge is 2.26. The quantitative estimate of drug-likeness (QED) is 0.522. The molecule has 0 saturated carbocycles. The van der Waals surface area contributed by atoms with Crippen LogP contribution in [0.1, 0.15) is 37.6 Å². The molecule has 0 fully saturated rings. The number of carbonyl (C=O) groups excluding carboxylic acids is 3. The van der Waals surface area contributed by atoms with Crippen LogP contribution in [0.2, 0.25) is 0 Å². The number of halogens is 2. The van der Waals surface area contributed by atoms with Crippen LogP contribution in [0.4, 0.5) is 13.8 Å². The second-order valence-corrected chi connectivity index (χ2v) is 8.12. The maximum Gasteiger partial charge on any atom is 0.338 e. The van der Waals surface area contributed by atoms with Crippen LogP contribution >= 0.6 is 23.1 Å². The number of fused-ring (bicyclic) bond motifs is 1. The number of carbonyl (C=O) groups is 3. The molecule has 6 nitrogen and oxygen atoms in total. The average Bonchev–Trinajstić information content (AvgIpc) is 3.20. The van der Waals surface area contributed by atoms with Crippen LogP contribution in [0.25, 0.3) is 0 Å². The van der Waals surface area contributed by atoms with Crippen LogP contribution in [-0.4, -0.2) is 30.1 Å². The van der Waals surface area contributed by atoms with Gasteiger partial charge in [0.2, 0.25) is 0 Å². The second-order valence-electron chi connectivity index (χ2n) is 5.95. The van der Waals surface area contributed by atoms with Gasteiger partial charge in [-0.05, 0) is 49.1 Å². The molecule has 1 aromatic heterocycles. The summed E-state index contributed by atoms with van der Waals surface area (Å²) in [5, 5.41) is 2.94. The van der Waals surface area contributed by atoms with E-state index in [1.54, 1.807) is 0 Å². The number of rotatable bonds is 7. The van der Waals surface area contributed by atoms with E-state index in [0.29, 0.717) is 27.2 Å². The van der Waals surface area contributed by atoms with Crippen LogP contribution in [0.15, 0.2) is 29.2 Å². The number of anilines is 1.